The molecule has 31 heavy (non-hydrogen) atoms. The van der Waals surface area contributed by atoms with Crippen LogP contribution in [0.25, 0.3) is 11.0 Å². The van der Waals surface area contributed by atoms with Gasteiger partial charge in [0.1, 0.15) is 11.3 Å². The lowest BCUT2D eigenvalue weighted by Gasteiger charge is -2.31. The first kappa shape index (κ1) is 21.4. The highest BCUT2D eigenvalue weighted by Crippen LogP contribution is 2.28. The maximum absolute atomic E-state index is 13.3. The first-order chi connectivity index (χ1) is 15.1. The Hall–Kier alpha value is -2.85. The molecule has 2 fully saturated rings. The van der Waals surface area contributed by atoms with E-state index in [0.29, 0.717) is 12.2 Å². The minimum Gasteiger partial charge on any atom is -0.465 e. The summed E-state index contributed by atoms with van der Waals surface area (Å²) in [5, 5.41) is 10.1. The largest absolute Gasteiger partial charge is 0.465 e. The van der Waals surface area contributed by atoms with Gasteiger partial charge >= 0.3 is 5.97 Å². The predicted molar refractivity (Wildman–Crippen MR) is 115 cm³/mol. The molecule has 2 aromatic rings. The van der Waals surface area contributed by atoms with Crippen LogP contribution in [0.1, 0.15) is 50.4 Å². The number of hydrogen-bond donors (Lipinski definition) is 0. The van der Waals surface area contributed by atoms with Crippen LogP contribution in [-0.2, 0) is 20.7 Å². The van der Waals surface area contributed by atoms with Crippen LogP contribution in [0, 0.1) is 11.3 Å². The number of hydrogen-bond acceptors (Lipinski definition) is 6. The molecule has 2 unspecified atom stereocenters. The van der Waals surface area contributed by atoms with Gasteiger partial charge in [-0.2, -0.15) is 5.26 Å². The lowest BCUT2D eigenvalue weighted by atomic mass is 10.1. The number of carbonyl (C=O) groups excluding carboxylic acids is 2. The maximum Gasteiger partial charge on any atom is 0.320 e. The fraction of sp³-hybridized carbons (Fsp3) is 0.542. The molecule has 3 heterocycles. The zero-order valence-electron chi connectivity index (χ0n) is 18.0. The lowest BCUT2D eigenvalue weighted by molar-refractivity contribution is -0.146. The third-order valence-corrected chi connectivity index (χ3v) is 6.37. The molecule has 7 nitrogen and oxygen atoms in total. The Morgan fingerprint density at radius 3 is 2.87 bits per heavy atom. The van der Waals surface area contributed by atoms with Crippen LogP contribution in [0.15, 0.2) is 28.7 Å². The second-order valence-corrected chi connectivity index (χ2v) is 8.38. The van der Waals surface area contributed by atoms with Crippen LogP contribution in [0.5, 0.6) is 0 Å². The second-order valence-electron chi connectivity index (χ2n) is 8.38. The molecule has 0 spiro atoms. The highest BCUT2D eigenvalue weighted by atomic mass is 16.5. The number of aryl methyl sites for hydroxylation is 1. The molecule has 1 aromatic carbocycles. The predicted octanol–water partition coefficient (Wildman–Crippen LogP) is 3.26. The van der Waals surface area contributed by atoms with E-state index in [-0.39, 0.29) is 30.5 Å². The van der Waals surface area contributed by atoms with Gasteiger partial charge in [-0.25, -0.2) is 0 Å². The van der Waals surface area contributed by atoms with Gasteiger partial charge in [0, 0.05) is 24.4 Å². The fourth-order valence-electron chi connectivity index (χ4n) is 4.87. The zero-order chi connectivity index (χ0) is 21.8. The quantitative estimate of drug-likeness (QED) is 0.636. The Kier molecular flexibility index (Phi) is 6.57. The van der Waals surface area contributed by atoms with Crippen molar-refractivity contribution in [3.63, 3.8) is 0 Å². The van der Waals surface area contributed by atoms with E-state index in [1.807, 2.05) is 21.9 Å². The van der Waals surface area contributed by atoms with Crippen molar-refractivity contribution in [1.29, 1.82) is 5.26 Å². The summed E-state index contributed by atoms with van der Waals surface area (Å²) in [5.74, 6) is 0.770. The molecule has 7 heteroatoms. The van der Waals surface area contributed by atoms with Crippen molar-refractivity contribution in [2.75, 3.05) is 26.2 Å². The van der Waals surface area contributed by atoms with E-state index in [1.165, 1.54) is 0 Å². The number of esters is 1. The number of fused-ring (bicyclic) bond motifs is 1. The molecule has 0 saturated carbocycles. The van der Waals surface area contributed by atoms with Crippen molar-refractivity contribution < 1.29 is 18.7 Å². The molecule has 0 N–H and O–H groups in total. The van der Waals surface area contributed by atoms with Crippen LogP contribution in [0.4, 0.5) is 0 Å². The Morgan fingerprint density at radius 1 is 1.23 bits per heavy atom. The highest BCUT2D eigenvalue weighted by Gasteiger charge is 2.38. The van der Waals surface area contributed by atoms with Crippen LogP contribution in [-0.4, -0.2) is 60.0 Å². The molecule has 0 radical (unpaired) electrons. The summed E-state index contributed by atoms with van der Waals surface area (Å²) < 4.78 is 11.0. The van der Waals surface area contributed by atoms with Crippen LogP contribution >= 0.6 is 0 Å². The molecule has 0 bridgehead atoms. The number of nitriles is 1. The van der Waals surface area contributed by atoms with E-state index in [9.17, 15) is 9.59 Å². The average Bonchev–Trinajstić information content (AvgIpc) is 3.50. The van der Waals surface area contributed by atoms with E-state index in [1.54, 1.807) is 19.1 Å². The highest BCUT2D eigenvalue weighted by molar-refractivity contribution is 5.84. The molecule has 2 aliphatic rings. The number of carbonyl (C=O) groups is 2. The van der Waals surface area contributed by atoms with Crippen LogP contribution in [0.3, 0.4) is 0 Å². The van der Waals surface area contributed by atoms with E-state index in [4.69, 9.17) is 14.4 Å². The zero-order valence-corrected chi connectivity index (χ0v) is 18.0. The third kappa shape index (κ3) is 4.75. The van der Waals surface area contributed by atoms with Gasteiger partial charge in [-0.05, 0) is 69.8 Å². The van der Waals surface area contributed by atoms with E-state index < -0.39 is 0 Å². The van der Waals surface area contributed by atoms with Gasteiger partial charge in [0.25, 0.3) is 0 Å². The minimum atomic E-state index is -0.260. The summed E-state index contributed by atoms with van der Waals surface area (Å²) in [6.45, 7) is 3.88. The molecule has 2 atom stereocenters. The topological polar surface area (TPSA) is 86.8 Å². The summed E-state index contributed by atoms with van der Waals surface area (Å²) >= 11 is 0. The number of rotatable bonds is 7. The van der Waals surface area contributed by atoms with Gasteiger partial charge in [-0.1, -0.05) is 0 Å². The molecular formula is C24H29N3O4. The Labute approximate surface area is 182 Å². The monoisotopic (exact) mass is 423 g/mol. The molecule has 164 valence electrons. The van der Waals surface area contributed by atoms with Crippen molar-refractivity contribution in [2.24, 2.45) is 0 Å². The molecule has 4 rings (SSSR count). The van der Waals surface area contributed by atoms with Crippen molar-refractivity contribution in [3.05, 3.63) is 35.6 Å². The number of benzene rings is 1. The molecule has 1 amide bonds. The van der Waals surface area contributed by atoms with E-state index in [2.05, 4.69) is 6.07 Å². The molecular weight excluding hydrogens is 394 g/mol. The molecule has 1 aromatic heterocycles. The summed E-state index contributed by atoms with van der Waals surface area (Å²) in [5.41, 5.74) is 1.32. The SMILES string of the molecule is CCOC(=O)CN1CCCC1C(=O)N1CCCC1CCc1cc2ccc(C#N)cc2o1. The second kappa shape index (κ2) is 9.52. The average molecular weight is 424 g/mol. The summed E-state index contributed by atoms with van der Waals surface area (Å²) in [7, 11) is 0. The third-order valence-electron chi connectivity index (χ3n) is 6.37. The summed E-state index contributed by atoms with van der Waals surface area (Å²) in [6.07, 6.45) is 5.33. The standard InChI is InChI=1S/C24H29N3O4/c1-2-30-23(28)16-26-11-4-6-21(26)24(29)27-12-3-5-19(27)9-10-20-14-18-8-7-17(15-25)13-22(18)31-20/h7-8,13-14,19,21H,2-6,9-12,16H2,1H3. The van der Waals surface area contributed by atoms with Gasteiger partial charge in [-0.3, -0.25) is 14.5 Å². The van der Waals surface area contributed by atoms with E-state index in [0.717, 1.165) is 68.3 Å². The smallest absolute Gasteiger partial charge is 0.320 e. The molecule has 0 aliphatic carbocycles. The van der Waals surface area contributed by atoms with Gasteiger partial charge in [0.05, 0.1) is 30.8 Å². The van der Waals surface area contributed by atoms with Crippen molar-refractivity contribution in [3.8, 4) is 6.07 Å². The van der Waals surface area contributed by atoms with Crippen molar-refractivity contribution in [1.82, 2.24) is 9.80 Å². The Morgan fingerprint density at radius 2 is 2.06 bits per heavy atom. The normalized spacial score (nSPS) is 21.5. The summed E-state index contributed by atoms with van der Waals surface area (Å²) in [4.78, 5) is 29.2. The Bertz CT molecular complexity index is 992. The molecule has 2 aliphatic heterocycles. The van der Waals surface area contributed by atoms with Crippen molar-refractivity contribution in [2.45, 2.75) is 57.5 Å². The number of furan rings is 1. The lowest BCUT2D eigenvalue weighted by Crippen LogP contribution is -2.48. The first-order valence-electron chi connectivity index (χ1n) is 11.2. The van der Waals surface area contributed by atoms with Gasteiger partial charge in [0.2, 0.25) is 5.91 Å². The van der Waals surface area contributed by atoms with Crippen molar-refractivity contribution >= 4 is 22.8 Å². The first-order valence-corrected chi connectivity index (χ1v) is 11.2. The van der Waals surface area contributed by atoms with Gasteiger partial charge in [0.15, 0.2) is 0 Å². The number of amides is 1. The number of likely N-dealkylation sites (tertiary alicyclic amines) is 2. The fourth-order valence-corrected chi connectivity index (χ4v) is 4.87. The van der Waals surface area contributed by atoms with Crippen LogP contribution < -0.4 is 0 Å². The molecule has 2 saturated heterocycles. The van der Waals surface area contributed by atoms with Gasteiger partial charge < -0.3 is 14.1 Å². The van der Waals surface area contributed by atoms with Gasteiger partial charge in [-0.15, -0.1) is 0 Å². The minimum absolute atomic E-state index is 0.146. The van der Waals surface area contributed by atoms with E-state index >= 15 is 0 Å². The van der Waals surface area contributed by atoms with Crippen LogP contribution in [0.2, 0.25) is 0 Å². The number of ether oxygens (including phenoxy) is 1. The summed E-state index contributed by atoms with van der Waals surface area (Å²) in [6, 6.07) is 9.60. The maximum atomic E-state index is 13.3. The Balaban J connectivity index is 1.38. The number of nitrogens with zero attached hydrogens (tertiary/aromatic N) is 3.